The van der Waals surface area contributed by atoms with Crippen molar-refractivity contribution in [1.82, 2.24) is 15.6 Å². The van der Waals surface area contributed by atoms with Crippen LogP contribution in [-0.4, -0.2) is 35.6 Å². The summed E-state index contributed by atoms with van der Waals surface area (Å²) in [6.45, 7) is 7.71. The molecule has 0 aromatic carbocycles. The molecule has 1 aliphatic rings. The number of nitrogens with zero attached hydrogens (tertiary/aromatic N) is 1. The molecule has 0 spiro atoms. The Kier molecular flexibility index (Phi) is 5.05. The highest BCUT2D eigenvalue weighted by Crippen LogP contribution is 2.27. The molecular formula is C14H25N5OS. The Balaban J connectivity index is 1.78. The molecular weight excluding hydrogens is 286 g/mol. The summed E-state index contributed by atoms with van der Waals surface area (Å²) >= 11 is 1.30. The molecule has 1 aromatic heterocycles. The average molecular weight is 311 g/mol. The van der Waals surface area contributed by atoms with E-state index in [0.29, 0.717) is 28.4 Å². The van der Waals surface area contributed by atoms with Crippen molar-refractivity contribution >= 4 is 28.2 Å². The van der Waals surface area contributed by atoms with Crippen LogP contribution in [0.4, 0.5) is 10.9 Å². The normalized spacial score (nSPS) is 15.0. The van der Waals surface area contributed by atoms with Crippen LogP contribution in [-0.2, 0) is 0 Å². The number of hydrogen-bond acceptors (Lipinski definition) is 6. The van der Waals surface area contributed by atoms with Crippen LogP contribution in [0.15, 0.2) is 0 Å². The summed E-state index contributed by atoms with van der Waals surface area (Å²) in [4.78, 5) is 16.8. The summed E-state index contributed by atoms with van der Waals surface area (Å²) in [7, 11) is 0. The van der Waals surface area contributed by atoms with E-state index in [1.165, 1.54) is 24.2 Å². The summed E-state index contributed by atoms with van der Waals surface area (Å²) < 4.78 is 0. The number of carbonyl (C=O) groups is 1. The highest BCUT2D eigenvalue weighted by Gasteiger charge is 2.20. The molecule has 1 amide bonds. The Morgan fingerprint density at radius 2 is 2.10 bits per heavy atom. The maximum Gasteiger partial charge on any atom is 0.265 e. The lowest BCUT2D eigenvalue weighted by molar-refractivity contribution is 0.0958. The van der Waals surface area contributed by atoms with Gasteiger partial charge >= 0.3 is 0 Å². The Bertz CT molecular complexity index is 490. The van der Waals surface area contributed by atoms with Gasteiger partial charge in [0.2, 0.25) is 0 Å². The number of hydrogen-bond donors (Lipinski definition) is 4. The van der Waals surface area contributed by atoms with Crippen molar-refractivity contribution in [3.8, 4) is 0 Å². The minimum absolute atomic E-state index is 0.105. The first kappa shape index (κ1) is 16.0. The standard InChI is InChI=1S/C14H25N5OS/c1-14(2,3)19-13-18-11(15)10(21-13)12(20)17-8-4-7-16-9-5-6-9/h9,16H,4-8,15H2,1-3H3,(H,17,20)(H,18,19). The van der Waals surface area contributed by atoms with Crippen molar-refractivity contribution in [2.24, 2.45) is 0 Å². The van der Waals surface area contributed by atoms with E-state index in [-0.39, 0.29) is 11.4 Å². The van der Waals surface area contributed by atoms with Crippen LogP contribution in [0.25, 0.3) is 0 Å². The number of amides is 1. The second-order valence-corrected chi connectivity index (χ2v) is 7.45. The van der Waals surface area contributed by atoms with Gasteiger partial charge < -0.3 is 21.7 Å². The Morgan fingerprint density at radius 3 is 2.71 bits per heavy atom. The molecule has 0 bridgehead atoms. The van der Waals surface area contributed by atoms with Gasteiger partial charge in [-0.3, -0.25) is 4.79 Å². The first-order chi connectivity index (χ1) is 9.85. The molecule has 0 unspecified atom stereocenters. The molecule has 21 heavy (non-hydrogen) atoms. The number of thiazole rings is 1. The third-order valence-corrected chi connectivity index (χ3v) is 3.98. The van der Waals surface area contributed by atoms with E-state index in [4.69, 9.17) is 5.73 Å². The molecule has 5 N–H and O–H groups in total. The summed E-state index contributed by atoms with van der Waals surface area (Å²) in [5.74, 6) is 0.152. The zero-order valence-corrected chi connectivity index (χ0v) is 13.8. The monoisotopic (exact) mass is 311 g/mol. The molecule has 6 nitrogen and oxygen atoms in total. The van der Waals surface area contributed by atoms with Gasteiger partial charge in [0.1, 0.15) is 10.7 Å². The van der Waals surface area contributed by atoms with E-state index in [1.807, 2.05) is 20.8 Å². The van der Waals surface area contributed by atoms with Crippen molar-refractivity contribution in [3.63, 3.8) is 0 Å². The number of carbonyl (C=O) groups excluding carboxylic acids is 1. The smallest absolute Gasteiger partial charge is 0.265 e. The summed E-state index contributed by atoms with van der Waals surface area (Å²) in [5.41, 5.74) is 5.72. The quantitative estimate of drug-likeness (QED) is 0.576. The molecule has 1 aliphatic carbocycles. The molecule has 2 rings (SSSR count). The first-order valence-corrected chi connectivity index (χ1v) is 8.23. The topological polar surface area (TPSA) is 92.1 Å². The van der Waals surface area contributed by atoms with Crippen molar-refractivity contribution in [2.45, 2.75) is 51.6 Å². The largest absolute Gasteiger partial charge is 0.382 e. The fourth-order valence-electron chi connectivity index (χ4n) is 1.83. The summed E-state index contributed by atoms with van der Waals surface area (Å²) in [5, 5.41) is 10.2. The predicted octanol–water partition coefficient (Wildman–Crippen LogP) is 1.81. The van der Waals surface area contributed by atoms with E-state index in [9.17, 15) is 4.79 Å². The summed E-state index contributed by atoms with van der Waals surface area (Å²) in [6, 6.07) is 0.712. The van der Waals surface area contributed by atoms with Crippen molar-refractivity contribution in [3.05, 3.63) is 4.88 Å². The minimum Gasteiger partial charge on any atom is -0.382 e. The molecule has 0 saturated heterocycles. The zero-order valence-electron chi connectivity index (χ0n) is 13.0. The summed E-state index contributed by atoms with van der Waals surface area (Å²) in [6.07, 6.45) is 3.49. The second kappa shape index (κ2) is 6.62. The van der Waals surface area contributed by atoms with Crippen LogP contribution in [0.3, 0.4) is 0 Å². The number of nitrogens with two attached hydrogens (primary N) is 1. The number of aromatic nitrogens is 1. The van der Waals surface area contributed by atoms with Crippen molar-refractivity contribution in [1.29, 1.82) is 0 Å². The third kappa shape index (κ3) is 5.51. The maximum absolute atomic E-state index is 12.1. The van der Waals surface area contributed by atoms with Crippen LogP contribution < -0.4 is 21.7 Å². The van der Waals surface area contributed by atoms with Crippen LogP contribution >= 0.6 is 11.3 Å². The zero-order chi connectivity index (χ0) is 15.5. The Hall–Kier alpha value is -1.34. The molecule has 1 saturated carbocycles. The van der Waals surface area contributed by atoms with E-state index in [2.05, 4.69) is 20.9 Å². The number of rotatable bonds is 7. The molecule has 0 radical (unpaired) electrons. The van der Waals surface area contributed by atoms with Crippen molar-refractivity contribution in [2.75, 3.05) is 24.1 Å². The Labute approximate surface area is 129 Å². The van der Waals surface area contributed by atoms with Gasteiger partial charge in [0.05, 0.1) is 0 Å². The maximum atomic E-state index is 12.1. The second-order valence-electron chi connectivity index (χ2n) is 6.45. The van der Waals surface area contributed by atoms with Gasteiger partial charge in [0.15, 0.2) is 5.13 Å². The first-order valence-electron chi connectivity index (χ1n) is 7.41. The fraction of sp³-hybridized carbons (Fsp3) is 0.714. The Morgan fingerprint density at radius 1 is 1.38 bits per heavy atom. The van der Waals surface area contributed by atoms with Gasteiger partial charge in [-0.25, -0.2) is 4.98 Å². The molecule has 7 heteroatoms. The molecule has 1 fully saturated rings. The predicted molar refractivity (Wildman–Crippen MR) is 87.9 cm³/mol. The SMILES string of the molecule is CC(C)(C)Nc1nc(N)c(C(=O)NCCCNC2CC2)s1. The highest BCUT2D eigenvalue weighted by molar-refractivity contribution is 7.18. The molecule has 118 valence electrons. The van der Waals surface area contributed by atoms with Gasteiger partial charge in [-0.05, 0) is 46.6 Å². The van der Waals surface area contributed by atoms with E-state index in [0.717, 1.165) is 13.0 Å². The van der Waals surface area contributed by atoms with Gasteiger partial charge in [0.25, 0.3) is 5.91 Å². The van der Waals surface area contributed by atoms with Gasteiger partial charge in [-0.15, -0.1) is 0 Å². The lowest BCUT2D eigenvalue weighted by Gasteiger charge is -2.19. The lowest BCUT2D eigenvalue weighted by Crippen LogP contribution is -2.27. The average Bonchev–Trinajstić information content (AvgIpc) is 3.10. The molecule has 0 atom stereocenters. The van der Waals surface area contributed by atoms with E-state index >= 15 is 0 Å². The van der Waals surface area contributed by atoms with E-state index in [1.54, 1.807) is 0 Å². The van der Waals surface area contributed by atoms with Crippen LogP contribution in [0.2, 0.25) is 0 Å². The van der Waals surface area contributed by atoms with Gasteiger partial charge in [0, 0.05) is 18.1 Å². The molecule has 1 aromatic rings. The van der Waals surface area contributed by atoms with Crippen LogP contribution in [0, 0.1) is 0 Å². The van der Waals surface area contributed by atoms with Gasteiger partial charge in [-0.2, -0.15) is 0 Å². The molecule has 0 aliphatic heterocycles. The van der Waals surface area contributed by atoms with Crippen LogP contribution in [0.5, 0.6) is 0 Å². The van der Waals surface area contributed by atoms with E-state index < -0.39 is 0 Å². The minimum atomic E-state index is -0.140. The number of anilines is 2. The molecule has 1 heterocycles. The highest BCUT2D eigenvalue weighted by atomic mass is 32.1. The number of nitrogen functional groups attached to an aromatic ring is 1. The van der Waals surface area contributed by atoms with Crippen molar-refractivity contribution < 1.29 is 4.79 Å². The lowest BCUT2D eigenvalue weighted by atomic mass is 10.1. The van der Waals surface area contributed by atoms with Gasteiger partial charge in [-0.1, -0.05) is 11.3 Å². The van der Waals surface area contributed by atoms with Crippen LogP contribution in [0.1, 0.15) is 49.7 Å². The number of nitrogens with one attached hydrogen (secondary N) is 3. The third-order valence-electron chi connectivity index (χ3n) is 2.99. The fourth-order valence-corrected chi connectivity index (χ4v) is 2.84.